The van der Waals surface area contributed by atoms with Crippen LogP contribution in [0.15, 0.2) is 41.9 Å². The molecule has 3 rings (SSSR count). The van der Waals surface area contributed by atoms with E-state index >= 15 is 0 Å². The third-order valence-electron chi connectivity index (χ3n) is 3.24. The fraction of sp³-hybridized carbons (Fsp3) is 0.125. The van der Waals surface area contributed by atoms with Crippen molar-refractivity contribution in [2.24, 2.45) is 0 Å². The number of thiophene rings is 1. The molecule has 0 spiro atoms. The topological polar surface area (TPSA) is 39.2 Å². The van der Waals surface area contributed by atoms with Gasteiger partial charge in [-0.1, -0.05) is 12.1 Å². The van der Waals surface area contributed by atoms with Crippen molar-refractivity contribution >= 4 is 28.2 Å². The van der Waals surface area contributed by atoms with E-state index in [2.05, 4.69) is 11.1 Å². The largest absolute Gasteiger partial charge is 0.465 e. The second kappa shape index (κ2) is 5.06. The number of fused-ring (bicyclic) bond motifs is 1. The zero-order chi connectivity index (χ0) is 14.1. The summed E-state index contributed by atoms with van der Waals surface area (Å²) in [5.74, 6) is -0.288. The summed E-state index contributed by atoms with van der Waals surface area (Å²) in [6.45, 7) is 2.01. The Hall–Kier alpha value is -2.20. The summed E-state index contributed by atoms with van der Waals surface area (Å²) in [6.07, 6.45) is 1.78. The van der Waals surface area contributed by atoms with Crippen LogP contribution in [-0.2, 0) is 4.74 Å². The molecule has 0 atom stereocenters. The van der Waals surface area contributed by atoms with Crippen LogP contribution in [0, 0.1) is 6.92 Å². The molecule has 0 bridgehead atoms. The average Bonchev–Trinajstić information content (AvgIpc) is 2.87. The number of benzene rings is 1. The first-order valence-corrected chi connectivity index (χ1v) is 7.10. The van der Waals surface area contributed by atoms with Gasteiger partial charge in [-0.2, -0.15) is 0 Å². The fourth-order valence-corrected chi connectivity index (χ4v) is 3.27. The second-order valence-electron chi connectivity index (χ2n) is 4.53. The zero-order valence-electron chi connectivity index (χ0n) is 11.2. The Labute approximate surface area is 120 Å². The third kappa shape index (κ3) is 2.08. The van der Waals surface area contributed by atoms with E-state index in [0.29, 0.717) is 4.88 Å². The number of methoxy groups -OCH3 is 1. The maximum atomic E-state index is 11.9. The highest BCUT2D eigenvalue weighted by Crippen LogP contribution is 2.34. The van der Waals surface area contributed by atoms with Gasteiger partial charge in [-0.3, -0.25) is 4.98 Å². The molecule has 100 valence electrons. The van der Waals surface area contributed by atoms with E-state index in [1.807, 2.05) is 36.6 Å². The van der Waals surface area contributed by atoms with E-state index in [0.717, 1.165) is 27.6 Å². The molecule has 1 aromatic carbocycles. The smallest absolute Gasteiger partial charge is 0.348 e. The molecule has 0 fully saturated rings. The number of carbonyl (C=O) groups excluding carboxylic acids is 1. The van der Waals surface area contributed by atoms with Gasteiger partial charge < -0.3 is 4.74 Å². The van der Waals surface area contributed by atoms with Gasteiger partial charge in [0.25, 0.3) is 0 Å². The highest BCUT2D eigenvalue weighted by Gasteiger charge is 2.18. The first-order valence-electron chi connectivity index (χ1n) is 6.22. The predicted octanol–water partition coefficient (Wildman–Crippen LogP) is 4.06. The fourth-order valence-electron chi connectivity index (χ4n) is 2.28. The first-order chi connectivity index (χ1) is 9.70. The number of nitrogens with zero attached hydrogens (tertiary/aromatic N) is 1. The molecule has 2 aromatic heterocycles. The maximum absolute atomic E-state index is 11.9. The quantitative estimate of drug-likeness (QED) is 0.666. The number of carbonyl (C=O) groups is 1. The Morgan fingerprint density at radius 2 is 2.15 bits per heavy atom. The first kappa shape index (κ1) is 12.8. The molecule has 20 heavy (non-hydrogen) atoms. The molecule has 4 heteroatoms. The molecule has 0 unspecified atom stereocenters. The molecule has 0 aliphatic rings. The van der Waals surface area contributed by atoms with Gasteiger partial charge in [0, 0.05) is 17.1 Å². The van der Waals surface area contributed by atoms with Crippen LogP contribution in [-0.4, -0.2) is 18.1 Å². The van der Waals surface area contributed by atoms with E-state index < -0.39 is 0 Å². The van der Waals surface area contributed by atoms with Crippen molar-refractivity contribution in [2.75, 3.05) is 7.11 Å². The summed E-state index contributed by atoms with van der Waals surface area (Å²) in [6, 6.07) is 9.96. The van der Waals surface area contributed by atoms with Crippen LogP contribution in [0.1, 0.15) is 15.2 Å². The maximum Gasteiger partial charge on any atom is 0.348 e. The number of pyridine rings is 1. The van der Waals surface area contributed by atoms with Gasteiger partial charge in [0.1, 0.15) is 4.88 Å². The number of esters is 1. The Kier molecular flexibility index (Phi) is 3.24. The van der Waals surface area contributed by atoms with Crippen molar-refractivity contribution in [1.82, 2.24) is 4.98 Å². The van der Waals surface area contributed by atoms with E-state index in [1.54, 1.807) is 6.20 Å². The molecule has 3 nitrogen and oxygen atoms in total. The van der Waals surface area contributed by atoms with E-state index in [9.17, 15) is 4.79 Å². The van der Waals surface area contributed by atoms with Gasteiger partial charge in [0.15, 0.2) is 0 Å². The summed E-state index contributed by atoms with van der Waals surface area (Å²) in [5.41, 5.74) is 4.00. The van der Waals surface area contributed by atoms with E-state index in [1.165, 1.54) is 18.4 Å². The molecule has 3 aromatic rings. The van der Waals surface area contributed by atoms with Gasteiger partial charge in [-0.15, -0.1) is 11.3 Å². The summed E-state index contributed by atoms with van der Waals surface area (Å²) in [7, 11) is 1.41. The van der Waals surface area contributed by atoms with Gasteiger partial charge in [-0.25, -0.2) is 4.79 Å². The lowest BCUT2D eigenvalue weighted by Crippen LogP contribution is -2.00. The Morgan fingerprint density at radius 3 is 2.95 bits per heavy atom. The third-order valence-corrected chi connectivity index (χ3v) is 4.32. The van der Waals surface area contributed by atoms with Gasteiger partial charge in [-0.05, 0) is 41.6 Å². The van der Waals surface area contributed by atoms with Crippen LogP contribution >= 0.6 is 11.3 Å². The van der Waals surface area contributed by atoms with Crippen LogP contribution in [0.5, 0.6) is 0 Å². The summed E-state index contributed by atoms with van der Waals surface area (Å²) in [4.78, 5) is 16.8. The van der Waals surface area contributed by atoms with Crippen LogP contribution in [0.3, 0.4) is 0 Å². The Balaban J connectivity index is 2.20. The molecule has 0 amide bonds. The Morgan fingerprint density at radius 1 is 1.30 bits per heavy atom. The number of ether oxygens (including phenoxy) is 1. The van der Waals surface area contributed by atoms with Crippen LogP contribution in [0.4, 0.5) is 0 Å². The summed E-state index contributed by atoms with van der Waals surface area (Å²) < 4.78 is 4.86. The molecule has 0 radical (unpaired) electrons. The number of aromatic nitrogens is 1. The number of hydrogen-bond acceptors (Lipinski definition) is 4. The number of aryl methyl sites for hydroxylation is 1. The monoisotopic (exact) mass is 283 g/mol. The zero-order valence-corrected chi connectivity index (χ0v) is 12.0. The van der Waals surface area contributed by atoms with Gasteiger partial charge in [0.2, 0.25) is 0 Å². The lowest BCUT2D eigenvalue weighted by molar-refractivity contribution is 0.0607. The lowest BCUT2D eigenvalue weighted by atomic mass is 10.0. The van der Waals surface area contributed by atoms with Crippen LogP contribution in [0.25, 0.3) is 22.0 Å². The highest BCUT2D eigenvalue weighted by molar-refractivity contribution is 7.12. The number of hydrogen-bond donors (Lipinski definition) is 0. The Bertz CT molecular complexity index is 792. The lowest BCUT2D eigenvalue weighted by Gasteiger charge is -2.06. The van der Waals surface area contributed by atoms with Crippen LogP contribution in [0.2, 0.25) is 0 Å². The second-order valence-corrected chi connectivity index (χ2v) is 5.40. The minimum atomic E-state index is -0.288. The molecule has 0 aliphatic heterocycles. The molecule has 2 heterocycles. The predicted molar refractivity (Wildman–Crippen MR) is 81.1 cm³/mol. The average molecular weight is 283 g/mol. The van der Waals surface area contributed by atoms with Gasteiger partial charge in [0.05, 0.1) is 12.6 Å². The molecular formula is C16H13NO2S. The van der Waals surface area contributed by atoms with E-state index in [-0.39, 0.29) is 5.97 Å². The number of rotatable bonds is 2. The van der Waals surface area contributed by atoms with Crippen molar-refractivity contribution in [3.63, 3.8) is 0 Å². The van der Waals surface area contributed by atoms with Crippen molar-refractivity contribution in [1.29, 1.82) is 0 Å². The molecule has 0 aliphatic carbocycles. The summed E-state index contributed by atoms with van der Waals surface area (Å²) in [5, 5.41) is 3.04. The minimum absolute atomic E-state index is 0.288. The van der Waals surface area contributed by atoms with Crippen molar-refractivity contribution in [2.45, 2.75) is 6.92 Å². The molecule has 0 saturated carbocycles. The SMILES string of the molecule is COC(=O)c1scc(C)c1-c1ccc2ncccc2c1. The molecular weight excluding hydrogens is 270 g/mol. The van der Waals surface area contributed by atoms with Gasteiger partial charge >= 0.3 is 5.97 Å². The van der Waals surface area contributed by atoms with Crippen molar-refractivity contribution in [3.05, 3.63) is 52.3 Å². The molecule has 0 saturated heterocycles. The van der Waals surface area contributed by atoms with E-state index in [4.69, 9.17) is 4.74 Å². The normalized spacial score (nSPS) is 10.7. The molecule has 0 N–H and O–H groups in total. The van der Waals surface area contributed by atoms with Crippen LogP contribution < -0.4 is 0 Å². The minimum Gasteiger partial charge on any atom is -0.465 e. The highest BCUT2D eigenvalue weighted by atomic mass is 32.1. The van der Waals surface area contributed by atoms with Crippen molar-refractivity contribution in [3.8, 4) is 11.1 Å². The standard InChI is InChI=1S/C16H13NO2S/c1-10-9-20-15(16(18)19-2)14(10)12-5-6-13-11(8-12)4-3-7-17-13/h3-9H,1-2H3. The summed E-state index contributed by atoms with van der Waals surface area (Å²) >= 11 is 1.42. The van der Waals surface area contributed by atoms with Crippen molar-refractivity contribution < 1.29 is 9.53 Å².